The summed E-state index contributed by atoms with van der Waals surface area (Å²) in [6.07, 6.45) is 1.68. The SMILES string of the molecule is CCOC(=O)C(CCC(=O)c1ccc(Br)cc1)CC(C)C. The fourth-order valence-electron chi connectivity index (χ4n) is 2.25. The maximum atomic E-state index is 12.2. The number of Topliss-reactive ketones (excluding diaryl/α,β-unsaturated/α-hetero) is 1. The summed E-state index contributed by atoms with van der Waals surface area (Å²) in [6, 6.07) is 7.30. The van der Waals surface area contributed by atoms with Crippen LogP contribution in [0.2, 0.25) is 0 Å². The molecule has 0 amide bonds. The van der Waals surface area contributed by atoms with Crippen LogP contribution >= 0.6 is 15.9 Å². The molecule has 0 saturated carbocycles. The molecule has 1 unspecified atom stereocenters. The minimum atomic E-state index is -0.190. The lowest BCUT2D eigenvalue weighted by molar-refractivity contribution is -0.148. The molecule has 116 valence electrons. The van der Waals surface area contributed by atoms with Crippen molar-refractivity contribution < 1.29 is 14.3 Å². The Morgan fingerprint density at radius 1 is 1.19 bits per heavy atom. The zero-order valence-corrected chi connectivity index (χ0v) is 14.5. The predicted molar refractivity (Wildman–Crippen MR) is 87.3 cm³/mol. The normalized spacial score (nSPS) is 12.2. The van der Waals surface area contributed by atoms with E-state index in [1.807, 2.05) is 12.1 Å². The van der Waals surface area contributed by atoms with Crippen LogP contribution in [0.25, 0.3) is 0 Å². The molecule has 1 aromatic rings. The number of halogens is 1. The number of hydrogen-bond acceptors (Lipinski definition) is 3. The Labute approximate surface area is 135 Å². The van der Waals surface area contributed by atoms with Crippen LogP contribution in [0.15, 0.2) is 28.7 Å². The maximum absolute atomic E-state index is 12.2. The Balaban J connectivity index is 2.61. The van der Waals surface area contributed by atoms with Crippen LogP contribution in [0.1, 0.15) is 50.4 Å². The molecule has 0 heterocycles. The Morgan fingerprint density at radius 2 is 1.81 bits per heavy atom. The van der Waals surface area contributed by atoms with Gasteiger partial charge in [-0.05, 0) is 37.8 Å². The fourth-order valence-corrected chi connectivity index (χ4v) is 2.51. The van der Waals surface area contributed by atoms with Crippen LogP contribution in [0.3, 0.4) is 0 Å². The smallest absolute Gasteiger partial charge is 0.308 e. The highest BCUT2D eigenvalue weighted by molar-refractivity contribution is 9.10. The molecule has 21 heavy (non-hydrogen) atoms. The quantitative estimate of drug-likeness (QED) is 0.504. The van der Waals surface area contributed by atoms with E-state index < -0.39 is 0 Å². The molecule has 0 aliphatic heterocycles. The van der Waals surface area contributed by atoms with E-state index in [-0.39, 0.29) is 17.7 Å². The van der Waals surface area contributed by atoms with Crippen molar-refractivity contribution in [2.45, 2.75) is 40.0 Å². The van der Waals surface area contributed by atoms with Crippen molar-refractivity contribution >= 4 is 27.7 Å². The summed E-state index contributed by atoms with van der Waals surface area (Å²) in [6.45, 7) is 6.33. The molecule has 0 N–H and O–H groups in total. The number of ether oxygens (including phenoxy) is 1. The van der Waals surface area contributed by atoms with Gasteiger partial charge in [0.2, 0.25) is 0 Å². The zero-order chi connectivity index (χ0) is 15.8. The molecule has 0 aliphatic carbocycles. The largest absolute Gasteiger partial charge is 0.466 e. The van der Waals surface area contributed by atoms with Crippen molar-refractivity contribution in [1.82, 2.24) is 0 Å². The molecule has 0 radical (unpaired) electrons. The molecule has 0 aromatic heterocycles. The molecule has 3 nitrogen and oxygen atoms in total. The second-order valence-corrected chi connectivity index (χ2v) is 6.46. The number of carbonyl (C=O) groups is 2. The summed E-state index contributed by atoms with van der Waals surface area (Å²) < 4.78 is 6.05. The maximum Gasteiger partial charge on any atom is 0.308 e. The highest BCUT2D eigenvalue weighted by Crippen LogP contribution is 2.21. The molecule has 1 aromatic carbocycles. The lowest BCUT2D eigenvalue weighted by atomic mass is 9.91. The molecule has 0 spiro atoms. The van der Waals surface area contributed by atoms with Gasteiger partial charge in [-0.3, -0.25) is 9.59 Å². The van der Waals surface area contributed by atoms with Gasteiger partial charge >= 0.3 is 5.97 Å². The second kappa shape index (κ2) is 8.98. The topological polar surface area (TPSA) is 43.4 Å². The van der Waals surface area contributed by atoms with Crippen molar-refractivity contribution in [3.8, 4) is 0 Å². The molecule has 1 rings (SSSR count). The van der Waals surface area contributed by atoms with E-state index in [4.69, 9.17) is 4.74 Å². The van der Waals surface area contributed by atoms with Crippen LogP contribution in [0, 0.1) is 11.8 Å². The highest BCUT2D eigenvalue weighted by Gasteiger charge is 2.22. The average Bonchev–Trinajstić information content (AvgIpc) is 2.43. The van der Waals surface area contributed by atoms with Crippen LogP contribution in [-0.4, -0.2) is 18.4 Å². The molecule has 1 atom stereocenters. The first-order valence-corrected chi connectivity index (χ1v) is 8.18. The number of hydrogen-bond donors (Lipinski definition) is 0. The number of rotatable bonds is 8. The number of carbonyl (C=O) groups excluding carboxylic acids is 2. The zero-order valence-electron chi connectivity index (χ0n) is 12.9. The summed E-state index contributed by atoms with van der Waals surface area (Å²) in [5.74, 6) is 0.0990. The van der Waals surface area contributed by atoms with E-state index in [0.29, 0.717) is 30.9 Å². The van der Waals surface area contributed by atoms with Gasteiger partial charge in [0.15, 0.2) is 5.78 Å². The Morgan fingerprint density at radius 3 is 2.33 bits per heavy atom. The minimum Gasteiger partial charge on any atom is -0.466 e. The van der Waals surface area contributed by atoms with Gasteiger partial charge in [-0.15, -0.1) is 0 Å². The summed E-state index contributed by atoms with van der Waals surface area (Å²) in [5, 5.41) is 0. The summed E-state index contributed by atoms with van der Waals surface area (Å²) in [7, 11) is 0. The van der Waals surface area contributed by atoms with Gasteiger partial charge in [0.1, 0.15) is 0 Å². The van der Waals surface area contributed by atoms with E-state index in [0.717, 1.165) is 10.9 Å². The van der Waals surface area contributed by atoms with Gasteiger partial charge in [0, 0.05) is 16.5 Å². The Kier molecular flexibility index (Phi) is 7.65. The average molecular weight is 355 g/mol. The lowest BCUT2D eigenvalue weighted by Crippen LogP contribution is -2.20. The first-order chi connectivity index (χ1) is 9.93. The summed E-state index contributed by atoms with van der Waals surface area (Å²) >= 11 is 3.35. The van der Waals surface area contributed by atoms with Crippen LogP contribution in [0.5, 0.6) is 0 Å². The van der Waals surface area contributed by atoms with Crippen molar-refractivity contribution in [3.63, 3.8) is 0 Å². The van der Waals surface area contributed by atoms with Gasteiger partial charge < -0.3 is 4.74 Å². The Bertz CT molecular complexity index is 465. The van der Waals surface area contributed by atoms with Gasteiger partial charge in [0.05, 0.1) is 12.5 Å². The number of benzene rings is 1. The molecule has 0 aliphatic rings. The van der Waals surface area contributed by atoms with E-state index in [1.54, 1.807) is 19.1 Å². The monoisotopic (exact) mass is 354 g/mol. The number of ketones is 1. The predicted octanol–water partition coefficient (Wildman–Crippen LogP) is 4.64. The molecule has 0 saturated heterocycles. The second-order valence-electron chi connectivity index (χ2n) is 5.55. The van der Waals surface area contributed by atoms with E-state index in [1.165, 1.54) is 0 Å². The summed E-state index contributed by atoms with van der Waals surface area (Å²) in [5.41, 5.74) is 0.686. The van der Waals surface area contributed by atoms with E-state index in [9.17, 15) is 9.59 Å². The van der Waals surface area contributed by atoms with Gasteiger partial charge in [-0.2, -0.15) is 0 Å². The standard InChI is InChI=1S/C17H23BrO3/c1-4-21-17(20)14(11-12(2)3)7-10-16(19)13-5-8-15(18)9-6-13/h5-6,8-9,12,14H,4,7,10-11H2,1-3H3. The van der Waals surface area contributed by atoms with Crippen LogP contribution < -0.4 is 0 Å². The lowest BCUT2D eigenvalue weighted by Gasteiger charge is -2.17. The Hall–Kier alpha value is -1.16. The van der Waals surface area contributed by atoms with Crippen LogP contribution in [-0.2, 0) is 9.53 Å². The number of esters is 1. The highest BCUT2D eigenvalue weighted by atomic mass is 79.9. The molecule has 0 fully saturated rings. The van der Waals surface area contributed by atoms with Crippen molar-refractivity contribution in [1.29, 1.82) is 0 Å². The first-order valence-electron chi connectivity index (χ1n) is 7.39. The molecular weight excluding hydrogens is 332 g/mol. The third kappa shape index (κ3) is 6.42. The third-order valence-electron chi connectivity index (χ3n) is 3.26. The summed E-state index contributed by atoms with van der Waals surface area (Å²) in [4.78, 5) is 24.1. The molecule has 0 bridgehead atoms. The van der Waals surface area contributed by atoms with E-state index >= 15 is 0 Å². The third-order valence-corrected chi connectivity index (χ3v) is 3.79. The van der Waals surface area contributed by atoms with Crippen molar-refractivity contribution in [2.75, 3.05) is 6.61 Å². The van der Waals surface area contributed by atoms with E-state index in [2.05, 4.69) is 29.8 Å². The first kappa shape index (κ1) is 17.9. The van der Waals surface area contributed by atoms with Gasteiger partial charge in [-0.1, -0.05) is 41.9 Å². The minimum absolute atomic E-state index is 0.0700. The van der Waals surface area contributed by atoms with Crippen molar-refractivity contribution in [3.05, 3.63) is 34.3 Å². The molecular formula is C17H23BrO3. The van der Waals surface area contributed by atoms with Gasteiger partial charge in [-0.25, -0.2) is 0 Å². The van der Waals surface area contributed by atoms with Crippen LogP contribution in [0.4, 0.5) is 0 Å². The van der Waals surface area contributed by atoms with Crippen molar-refractivity contribution in [2.24, 2.45) is 11.8 Å². The fraction of sp³-hybridized carbons (Fsp3) is 0.529. The molecule has 4 heteroatoms. The van der Waals surface area contributed by atoms with Gasteiger partial charge in [0.25, 0.3) is 0 Å².